The van der Waals surface area contributed by atoms with Crippen molar-refractivity contribution < 1.29 is 13.6 Å². The summed E-state index contributed by atoms with van der Waals surface area (Å²) in [5.41, 5.74) is 1.77. The molecule has 4 aromatic rings. The van der Waals surface area contributed by atoms with Gasteiger partial charge in [-0.1, -0.05) is 55.3 Å². The van der Waals surface area contributed by atoms with E-state index in [2.05, 4.69) is 0 Å². The van der Waals surface area contributed by atoms with Gasteiger partial charge in [0.1, 0.15) is 28.0 Å². The highest BCUT2D eigenvalue weighted by Crippen LogP contribution is 2.45. The van der Waals surface area contributed by atoms with Gasteiger partial charge in [0.25, 0.3) is 0 Å². The summed E-state index contributed by atoms with van der Waals surface area (Å²) >= 11 is 6.38. The SMILES string of the molecule is CCCc1c(Cl)c(=O)oc2c1c1c(c3oc(C)cc(=O)c32)C=CC(c2ccccc2)O1. The number of benzene rings is 2. The summed E-state index contributed by atoms with van der Waals surface area (Å²) in [6.07, 6.45) is 4.78. The van der Waals surface area contributed by atoms with Crippen molar-refractivity contribution >= 4 is 39.6 Å². The summed E-state index contributed by atoms with van der Waals surface area (Å²) in [6, 6.07) is 11.2. The van der Waals surface area contributed by atoms with Crippen LogP contribution >= 0.6 is 11.6 Å². The van der Waals surface area contributed by atoms with Gasteiger partial charge in [-0.25, -0.2) is 4.79 Å². The van der Waals surface area contributed by atoms with Gasteiger partial charge >= 0.3 is 5.63 Å². The molecule has 0 saturated heterocycles. The van der Waals surface area contributed by atoms with Crippen LogP contribution in [0.2, 0.25) is 5.02 Å². The Labute approximate surface area is 182 Å². The molecule has 5 rings (SSSR count). The van der Waals surface area contributed by atoms with E-state index in [4.69, 9.17) is 25.2 Å². The van der Waals surface area contributed by atoms with Crippen molar-refractivity contribution in [1.29, 1.82) is 0 Å². The van der Waals surface area contributed by atoms with Crippen molar-refractivity contribution in [2.45, 2.75) is 32.8 Å². The molecule has 2 aromatic heterocycles. The summed E-state index contributed by atoms with van der Waals surface area (Å²) in [5, 5.41) is 0.786. The van der Waals surface area contributed by atoms with Gasteiger partial charge in [-0.05, 0) is 36.6 Å². The molecule has 0 saturated carbocycles. The molecule has 1 aliphatic heterocycles. The van der Waals surface area contributed by atoms with Gasteiger partial charge < -0.3 is 13.6 Å². The highest BCUT2D eigenvalue weighted by Gasteiger charge is 2.29. The van der Waals surface area contributed by atoms with Crippen molar-refractivity contribution in [2.24, 2.45) is 0 Å². The lowest BCUT2D eigenvalue weighted by molar-refractivity contribution is 0.254. The van der Waals surface area contributed by atoms with Crippen LogP contribution in [-0.4, -0.2) is 0 Å². The molecule has 0 N–H and O–H groups in total. The molecular weight excluding hydrogens is 416 g/mol. The smallest absolute Gasteiger partial charge is 0.355 e. The van der Waals surface area contributed by atoms with Gasteiger partial charge in [0, 0.05) is 6.07 Å². The first-order chi connectivity index (χ1) is 15.0. The van der Waals surface area contributed by atoms with Crippen LogP contribution in [0.15, 0.2) is 60.9 Å². The normalized spacial score (nSPS) is 15.3. The van der Waals surface area contributed by atoms with Crippen LogP contribution in [-0.2, 0) is 6.42 Å². The molecule has 5 nitrogen and oxygen atoms in total. The zero-order valence-electron chi connectivity index (χ0n) is 17.0. The van der Waals surface area contributed by atoms with E-state index in [0.717, 1.165) is 12.0 Å². The Kier molecular flexibility index (Phi) is 4.71. The third-order valence-corrected chi connectivity index (χ3v) is 5.88. The Morgan fingerprint density at radius 1 is 1.03 bits per heavy atom. The number of rotatable bonds is 3. The van der Waals surface area contributed by atoms with E-state index in [0.29, 0.717) is 40.0 Å². The molecule has 0 aliphatic carbocycles. The lowest BCUT2D eigenvalue weighted by atomic mass is 9.95. The molecule has 0 bridgehead atoms. The minimum Gasteiger partial charge on any atom is -0.480 e. The average molecular weight is 435 g/mol. The average Bonchev–Trinajstić information content (AvgIpc) is 2.76. The summed E-state index contributed by atoms with van der Waals surface area (Å²) in [7, 11) is 0. The fourth-order valence-corrected chi connectivity index (χ4v) is 4.39. The second kappa shape index (κ2) is 7.43. The second-order valence-corrected chi connectivity index (χ2v) is 7.99. The predicted molar refractivity (Wildman–Crippen MR) is 121 cm³/mol. The van der Waals surface area contributed by atoms with Crippen LogP contribution in [0.1, 0.15) is 41.9 Å². The first kappa shape index (κ1) is 19.6. The van der Waals surface area contributed by atoms with Crippen LogP contribution in [0.25, 0.3) is 28.0 Å². The second-order valence-electron chi connectivity index (χ2n) is 7.61. The third-order valence-electron chi connectivity index (χ3n) is 5.49. The quantitative estimate of drug-likeness (QED) is 0.294. The Hall–Kier alpha value is -3.31. The van der Waals surface area contributed by atoms with Crippen LogP contribution < -0.4 is 15.8 Å². The fourth-order valence-electron chi connectivity index (χ4n) is 4.16. The van der Waals surface area contributed by atoms with Crippen LogP contribution in [0.3, 0.4) is 0 Å². The molecule has 0 amide bonds. The summed E-state index contributed by atoms with van der Waals surface area (Å²) in [6.45, 7) is 3.70. The van der Waals surface area contributed by atoms with Gasteiger partial charge in [-0.2, -0.15) is 0 Å². The molecule has 1 unspecified atom stereocenters. The zero-order valence-corrected chi connectivity index (χ0v) is 17.8. The molecule has 0 radical (unpaired) electrons. The molecule has 156 valence electrons. The van der Waals surface area contributed by atoms with Crippen molar-refractivity contribution in [3.8, 4) is 5.75 Å². The molecule has 0 fully saturated rings. The number of fused-ring (bicyclic) bond motifs is 6. The van der Waals surface area contributed by atoms with Crippen molar-refractivity contribution in [1.82, 2.24) is 0 Å². The molecular formula is C25H19ClO5. The van der Waals surface area contributed by atoms with E-state index in [1.807, 2.05) is 49.4 Å². The maximum Gasteiger partial charge on any atom is 0.355 e. The summed E-state index contributed by atoms with van der Waals surface area (Å²) < 4.78 is 17.9. The highest BCUT2D eigenvalue weighted by atomic mass is 35.5. The Morgan fingerprint density at radius 3 is 2.55 bits per heavy atom. The minimum absolute atomic E-state index is 0.0156. The standard InChI is InChI=1S/C25H19ClO5/c1-3-7-15-19-22-16(10-11-18(30-22)14-8-5-4-6-9-14)23-20(17(27)12-13(2)29-23)24(19)31-25(28)21(15)26/h4-6,8-12,18H,3,7H2,1-2H3. The van der Waals surface area contributed by atoms with Gasteiger partial charge in [-0.15, -0.1) is 0 Å². The van der Waals surface area contributed by atoms with Gasteiger partial charge in [0.05, 0.1) is 10.9 Å². The van der Waals surface area contributed by atoms with Crippen molar-refractivity contribution in [3.63, 3.8) is 0 Å². The van der Waals surface area contributed by atoms with E-state index in [1.165, 1.54) is 6.07 Å². The molecule has 0 spiro atoms. The molecule has 3 heterocycles. The van der Waals surface area contributed by atoms with E-state index < -0.39 is 5.63 Å². The number of hydrogen-bond acceptors (Lipinski definition) is 5. The van der Waals surface area contributed by atoms with E-state index in [9.17, 15) is 9.59 Å². The maximum absolute atomic E-state index is 12.9. The number of halogens is 1. The molecule has 6 heteroatoms. The monoisotopic (exact) mass is 434 g/mol. The topological polar surface area (TPSA) is 69.7 Å². The van der Waals surface area contributed by atoms with Crippen LogP contribution in [0.4, 0.5) is 0 Å². The fraction of sp³-hybridized carbons (Fsp3) is 0.200. The molecule has 1 atom stereocenters. The third kappa shape index (κ3) is 3.08. The Balaban J connectivity index is 1.94. The number of ether oxygens (including phenoxy) is 1. The summed E-state index contributed by atoms with van der Waals surface area (Å²) in [5.74, 6) is 0.962. The predicted octanol–water partition coefficient (Wildman–Crippen LogP) is 5.96. The number of aryl methyl sites for hydroxylation is 2. The lowest BCUT2D eigenvalue weighted by Crippen LogP contribution is -2.14. The van der Waals surface area contributed by atoms with Crippen LogP contribution in [0, 0.1) is 6.92 Å². The highest BCUT2D eigenvalue weighted by molar-refractivity contribution is 6.32. The maximum atomic E-state index is 12.9. The lowest BCUT2D eigenvalue weighted by Gasteiger charge is -2.25. The van der Waals surface area contributed by atoms with Crippen molar-refractivity contribution in [3.05, 3.63) is 90.6 Å². The van der Waals surface area contributed by atoms with Gasteiger partial charge in [-0.3, -0.25) is 4.79 Å². The summed E-state index contributed by atoms with van der Waals surface area (Å²) in [4.78, 5) is 25.4. The van der Waals surface area contributed by atoms with Crippen LogP contribution in [0.5, 0.6) is 5.75 Å². The van der Waals surface area contributed by atoms with E-state index in [1.54, 1.807) is 6.92 Å². The van der Waals surface area contributed by atoms with Crippen molar-refractivity contribution in [2.75, 3.05) is 0 Å². The molecule has 1 aliphatic rings. The first-order valence-electron chi connectivity index (χ1n) is 10.1. The largest absolute Gasteiger partial charge is 0.480 e. The van der Waals surface area contributed by atoms with Gasteiger partial charge in [0.2, 0.25) is 0 Å². The van der Waals surface area contributed by atoms with E-state index >= 15 is 0 Å². The Bertz CT molecular complexity index is 1480. The molecule has 31 heavy (non-hydrogen) atoms. The molecule has 2 aromatic carbocycles. The number of hydrogen-bond donors (Lipinski definition) is 0. The Morgan fingerprint density at radius 2 is 1.81 bits per heavy atom. The minimum atomic E-state index is -0.676. The van der Waals surface area contributed by atoms with E-state index in [-0.39, 0.29) is 27.5 Å². The van der Waals surface area contributed by atoms with Gasteiger partial charge in [0.15, 0.2) is 16.6 Å². The zero-order chi connectivity index (χ0) is 21.7. The first-order valence-corrected chi connectivity index (χ1v) is 10.5.